The normalized spacial score (nSPS) is 11.7. The summed E-state index contributed by atoms with van der Waals surface area (Å²) in [5.41, 5.74) is 8.36. The van der Waals surface area contributed by atoms with E-state index in [-0.39, 0.29) is 12.5 Å². The van der Waals surface area contributed by atoms with Gasteiger partial charge in [0, 0.05) is 29.1 Å². The van der Waals surface area contributed by atoms with Gasteiger partial charge < -0.3 is 19.5 Å². The molecular weight excluding hydrogens is 588 g/mol. The van der Waals surface area contributed by atoms with E-state index < -0.39 is 6.09 Å². The molecule has 8 heteroatoms. The molecule has 1 aliphatic carbocycles. The van der Waals surface area contributed by atoms with Gasteiger partial charge in [-0.15, -0.1) is 13.2 Å². The van der Waals surface area contributed by atoms with Gasteiger partial charge in [-0.1, -0.05) is 72.8 Å². The van der Waals surface area contributed by atoms with Crippen LogP contribution in [0.5, 0.6) is 5.75 Å². The predicted molar refractivity (Wildman–Crippen MR) is 186 cm³/mol. The first-order chi connectivity index (χ1) is 23.1. The second-order valence-electron chi connectivity index (χ2n) is 11.0. The minimum Gasteiger partial charge on any atom is -0.493 e. The van der Waals surface area contributed by atoms with Gasteiger partial charge in [0.25, 0.3) is 0 Å². The number of nitrogens with zero attached hydrogens (tertiary/aromatic N) is 2. The molecule has 0 radical (unpaired) electrons. The molecule has 0 saturated heterocycles. The number of rotatable bonds is 14. The third-order valence-electron chi connectivity index (χ3n) is 7.72. The molecular formula is C39H36N4O4. The van der Waals surface area contributed by atoms with Crippen molar-refractivity contribution in [1.29, 1.82) is 0 Å². The Hall–Kier alpha value is -5.73. The van der Waals surface area contributed by atoms with Gasteiger partial charge in [0.1, 0.15) is 12.4 Å². The molecule has 1 heterocycles. The molecule has 0 aliphatic heterocycles. The number of nitrogens with one attached hydrogen (secondary N) is 2. The summed E-state index contributed by atoms with van der Waals surface area (Å²) in [5.74, 6) is 1.12. The van der Waals surface area contributed by atoms with E-state index in [9.17, 15) is 4.79 Å². The van der Waals surface area contributed by atoms with Crippen LogP contribution in [0.3, 0.4) is 0 Å². The van der Waals surface area contributed by atoms with Gasteiger partial charge in [-0.05, 0) is 70.6 Å². The van der Waals surface area contributed by atoms with E-state index in [1.165, 1.54) is 11.1 Å². The summed E-state index contributed by atoms with van der Waals surface area (Å²) in [6, 6.07) is 31.7. The first-order valence-electron chi connectivity index (χ1n) is 15.5. The van der Waals surface area contributed by atoms with E-state index in [0.29, 0.717) is 37.1 Å². The lowest BCUT2D eigenvalue weighted by molar-refractivity contribution is 0.149. The molecule has 0 unspecified atom stereocenters. The number of amides is 1. The number of carbonyl (C=O) groups excluding carboxylic acids is 1. The monoisotopic (exact) mass is 624 g/mol. The number of aromatic nitrogens is 2. The predicted octanol–water partition coefficient (Wildman–Crippen LogP) is 8.91. The zero-order chi connectivity index (χ0) is 32.4. The van der Waals surface area contributed by atoms with Gasteiger partial charge in [-0.3, -0.25) is 5.32 Å². The third kappa shape index (κ3) is 7.74. The highest BCUT2D eigenvalue weighted by Gasteiger charge is 2.29. The Morgan fingerprint density at radius 2 is 1.62 bits per heavy atom. The number of fused-ring (bicyclic) bond motifs is 3. The van der Waals surface area contributed by atoms with E-state index in [1.54, 1.807) is 12.3 Å². The number of anilines is 3. The smallest absolute Gasteiger partial charge is 0.411 e. The molecule has 236 valence electrons. The number of hydrogen-bond donors (Lipinski definition) is 2. The van der Waals surface area contributed by atoms with Gasteiger partial charge in [-0.25, -0.2) is 14.8 Å². The molecule has 0 atom stereocenters. The second-order valence-corrected chi connectivity index (χ2v) is 11.0. The van der Waals surface area contributed by atoms with Gasteiger partial charge in [0.15, 0.2) is 0 Å². The number of benzene rings is 4. The molecule has 47 heavy (non-hydrogen) atoms. The summed E-state index contributed by atoms with van der Waals surface area (Å²) < 4.78 is 17.3. The van der Waals surface area contributed by atoms with E-state index in [0.717, 1.165) is 40.1 Å². The Balaban J connectivity index is 1.17. The maximum atomic E-state index is 13.1. The molecule has 5 aromatic rings. The zero-order valence-electron chi connectivity index (χ0n) is 26.0. The fraction of sp³-hybridized carbons (Fsp3) is 0.154. The summed E-state index contributed by atoms with van der Waals surface area (Å²) in [6.07, 6.45) is 5.43. The van der Waals surface area contributed by atoms with Crippen molar-refractivity contribution in [2.45, 2.75) is 18.9 Å². The maximum absolute atomic E-state index is 13.1. The van der Waals surface area contributed by atoms with Crippen LogP contribution < -0.4 is 15.4 Å². The fourth-order valence-electron chi connectivity index (χ4n) is 5.65. The van der Waals surface area contributed by atoms with Crippen molar-refractivity contribution >= 4 is 23.4 Å². The lowest BCUT2D eigenvalue weighted by atomic mass is 9.98. The highest BCUT2D eigenvalue weighted by Crippen LogP contribution is 2.44. The van der Waals surface area contributed by atoms with Crippen LogP contribution in [-0.4, -0.2) is 35.9 Å². The highest BCUT2D eigenvalue weighted by molar-refractivity contribution is 5.86. The summed E-state index contributed by atoms with van der Waals surface area (Å²) in [7, 11) is 0. The maximum Gasteiger partial charge on any atom is 0.411 e. The molecule has 1 amide bonds. The van der Waals surface area contributed by atoms with Gasteiger partial charge in [0.05, 0.1) is 25.5 Å². The molecule has 1 aromatic heterocycles. The molecule has 1 aliphatic rings. The molecule has 0 saturated carbocycles. The zero-order valence-corrected chi connectivity index (χ0v) is 26.0. The Labute approximate surface area is 274 Å². The van der Waals surface area contributed by atoms with Gasteiger partial charge >= 0.3 is 6.09 Å². The molecule has 8 nitrogen and oxygen atoms in total. The Morgan fingerprint density at radius 3 is 2.38 bits per heavy atom. The number of carbonyl (C=O) groups is 1. The van der Waals surface area contributed by atoms with Crippen LogP contribution >= 0.6 is 0 Å². The van der Waals surface area contributed by atoms with Crippen LogP contribution in [0.4, 0.5) is 22.1 Å². The van der Waals surface area contributed by atoms with E-state index >= 15 is 0 Å². The Kier molecular flexibility index (Phi) is 10.00. The van der Waals surface area contributed by atoms with E-state index in [2.05, 4.69) is 53.0 Å². The lowest BCUT2D eigenvalue weighted by Gasteiger charge is -2.16. The summed E-state index contributed by atoms with van der Waals surface area (Å²) in [5, 5.41) is 6.18. The third-order valence-corrected chi connectivity index (χ3v) is 7.72. The molecule has 4 aromatic carbocycles. The van der Waals surface area contributed by atoms with Crippen LogP contribution in [0, 0.1) is 0 Å². The fourth-order valence-corrected chi connectivity index (χ4v) is 5.65. The standard InChI is InChI=1S/C39H36N4O4/c1-3-5-20-46-31-12-10-11-28(23-31)37-17-18-40-38(43-37)41-29-21-27(25-45-19-4-2)22-30(24-29)42-39(44)47-26-36-34-15-8-6-13-32(34)33-14-7-9-16-35(33)36/h3-4,6-18,21-24,36H,1-2,5,19-20,25-26H2,(H,42,44)(H,40,41,43). The number of ether oxygens (including phenoxy) is 3. The average molecular weight is 625 g/mol. The molecule has 0 fully saturated rings. The quantitative estimate of drug-likeness (QED) is 0.0941. The Morgan fingerprint density at radius 1 is 0.851 bits per heavy atom. The first-order valence-corrected chi connectivity index (χ1v) is 15.5. The minimum absolute atomic E-state index is 0.0344. The Bertz CT molecular complexity index is 1840. The summed E-state index contributed by atoms with van der Waals surface area (Å²) >= 11 is 0. The topological polar surface area (TPSA) is 94.6 Å². The van der Waals surface area contributed by atoms with Crippen molar-refractivity contribution in [2.75, 3.05) is 30.5 Å². The van der Waals surface area contributed by atoms with E-state index in [4.69, 9.17) is 19.2 Å². The van der Waals surface area contributed by atoms with Crippen molar-refractivity contribution in [3.05, 3.63) is 145 Å². The second kappa shape index (κ2) is 15.0. The van der Waals surface area contributed by atoms with Crippen molar-refractivity contribution in [1.82, 2.24) is 9.97 Å². The SMILES string of the molecule is C=CCCOc1cccc(-c2ccnc(Nc3cc(COCC=C)cc(NC(=O)OCC4c5ccccc5-c5ccccc54)c3)n2)c1. The van der Waals surface area contributed by atoms with Crippen molar-refractivity contribution in [3.8, 4) is 28.1 Å². The average Bonchev–Trinajstić information content (AvgIpc) is 3.41. The van der Waals surface area contributed by atoms with Gasteiger partial charge in [-0.2, -0.15) is 0 Å². The van der Waals surface area contributed by atoms with Crippen LogP contribution in [0.15, 0.2) is 129 Å². The first kappa shape index (κ1) is 31.3. The van der Waals surface area contributed by atoms with Crippen LogP contribution in [0.2, 0.25) is 0 Å². The van der Waals surface area contributed by atoms with Crippen LogP contribution in [0.25, 0.3) is 22.4 Å². The molecule has 2 N–H and O–H groups in total. The van der Waals surface area contributed by atoms with Crippen molar-refractivity contribution in [2.24, 2.45) is 0 Å². The molecule has 6 rings (SSSR count). The van der Waals surface area contributed by atoms with Crippen LogP contribution in [0.1, 0.15) is 29.0 Å². The summed E-state index contributed by atoms with van der Waals surface area (Å²) in [6.45, 7) is 8.95. The largest absolute Gasteiger partial charge is 0.493 e. The number of hydrogen-bond acceptors (Lipinski definition) is 7. The van der Waals surface area contributed by atoms with E-state index in [1.807, 2.05) is 78.9 Å². The van der Waals surface area contributed by atoms with Gasteiger partial charge in [0.2, 0.25) is 5.95 Å². The summed E-state index contributed by atoms with van der Waals surface area (Å²) in [4.78, 5) is 22.3. The van der Waals surface area contributed by atoms with Crippen molar-refractivity contribution < 1.29 is 19.0 Å². The minimum atomic E-state index is -0.546. The van der Waals surface area contributed by atoms with Crippen molar-refractivity contribution in [3.63, 3.8) is 0 Å². The highest BCUT2D eigenvalue weighted by atomic mass is 16.5. The lowest BCUT2D eigenvalue weighted by Crippen LogP contribution is -2.18. The molecule has 0 spiro atoms. The molecule has 0 bridgehead atoms. The van der Waals surface area contributed by atoms with Crippen LogP contribution in [-0.2, 0) is 16.1 Å².